The first-order valence-electron chi connectivity index (χ1n) is 6.60. The summed E-state index contributed by atoms with van der Waals surface area (Å²) >= 11 is 0. The lowest BCUT2D eigenvalue weighted by Crippen LogP contribution is -2.28. The summed E-state index contributed by atoms with van der Waals surface area (Å²) in [5.41, 5.74) is 0. The molecule has 0 aromatic heterocycles. The molecule has 0 bridgehead atoms. The van der Waals surface area contributed by atoms with E-state index in [9.17, 15) is 4.79 Å². The molecule has 0 saturated carbocycles. The van der Waals surface area contributed by atoms with Gasteiger partial charge in [0.25, 0.3) is 0 Å². The van der Waals surface area contributed by atoms with Crippen LogP contribution in [0.1, 0.15) is 58.8 Å². The normalized spacial score (nSPS) is 22.8. The fourth-order valence-electron chi connectivity index (χ4n) is 1.97. The molecule has 1 aliphatic heterocycles. The molecule has 0 N–H and O–H groups in total. The molecule has 3 nitrogen and oxygen atoms in total. The summed E-state index contributed by atoms with van der Waals surface area (Å²) in [7, 11) is 0. The molecule has 1 aliphatic rings. The standard InChI is InChI=1S/C13H24O3/c1-3-5-8-11(4-2)13(14)16-12-9-6-7-10-15-12/h11-12H,3-10H2,1-2H3. The maximum Gasteiger partial charge on any atom is 0.311 e. The third-order valence-electron chi connectivity index (χ3n) is 3.12. The molecule has 2 atom stereocenters. The van der Waals surface area contributed by atoms with Gasteiger partial charge in [-0.05, 0) is 25.7 Å². The SMILES string of the molecule is CCCCC(CC)C(=O)OC1CCCCO1. The number of ether oxygens (including phenoxy) is 2. The van der Waals surface area contributed by atoms with Crippen LogP contribution in [0.5, 0.6) is 0 Å². The predicted octanol–water partition coefficient (Wildman–Crippen LogP) is 3.27. The molecule has 0 amide bonds. The Hall–Kier alpha value is -0.570. The van der Waals surface area contributed by atoms with Gasteiger partial charge in [-0.2, -0.15) is 0 Å². The Labute approximate surface area is 98.5 Å². The van der Waals surface area contributed by atoms with Gasteiger partial charge in [-0.25, -0.2) is 0 Å². The molecule has 1 rings (SSSR count). The van der Waals surface area contributed by atoms with Crippen LogP contribution in [-0.4, -0.2) is 18.9 Å². The second-order valence-electron chi connectivity index (χ2n) is 4.48. The van der Waals surface area contributed by atoms with Crippen molar-refractivity contribution in [3.05, 3.63) is 0 Å². The van der Waals surface area contributed by atoms with E-state index in [4.69, 9.17) is 9.47 Å². The van der Waals surface area contributed by atoms with E-state index in [0.29, 0.717) is 0 Å². The molecule has 1 fully saturated rings. The minimum Gasteiger partial charge on any atom is -0.436 e. The zero-order chi connectivity index (χ0) is 11.8. The first-order chi connectivity index (χ1) is 7.77. The van der Waals surface area contributed by atoms with Gasteiger partial charge in [0.15, 0.2) is 0 Å². The van der Waals surface area contributed by atoms with Crippen molar-refractivity contribution in [1.82, 2.24) is 0 Å². The third-order valence-corrected chi connectivity index (χ3v) is 3.12. The highest BCUT2D eigenvalue weighted by atomic mass is 16.7. The lowest BCUT2D eigenvalue weighted by molar-refractivity contribution is -0.191. The van der Waals surface area contributed by atoms with Crippen molar-refractivity contribution in [2.24, 2.45) is 5.92 Å². The van der Waals surface area contributed by atoms with Gasteiger partial charge >= 0.3 is 5.97 Å². The zero-order valence-electron chi connectivity index (χ0n) is 10.5. The van der Waals surface area contributed by atoms with Crippen molar-refractivity contribution >= 4 is 5.97 Å². The van der Waals surface area contributed by atoms with E-state index in [1.807, 2.05) is 6.92 Å². The Balaban J connectivity index is 2.29. The first-order valence-corrected chi connectivity index (χ1v) is 6.60. The Morgan fingerprint density at radius 2 is 2.25 bits per heavy atom. The number of carbonyl (C=O) groups excluding carboxylic acids is 1. The molecule has 2 unspecified atom stereocenters. The summed E-state index contributed by atoms with van der Waals surface area (Å²) in [5.74, 6) is -0.00618. The van der Waals surface area contributed by atoms with Gasteiger partial charge in [-0.15, -0.1) is 0 Å². The van der Waals surface area contributed by atoms with Crippen molar-refractivity contribution in [2.75, 3.05) is 6.61 Å². The van der Waals surface area contributed by atoms with Gasteiger partial charge in [0.2, 0.25) is 6.29 Å². The summed E-state index contributed by atoms with van der Waals surface area (Å²) in [6.07, 6.45) is 6.80. The highest BCUT2D eigenvalue weighted by Crippen LogP contribution is 2.19. The van der Waals surface area contributed by atoms with Crippen LogP contribution in [0.15, 0.2) is 0 Å². The molecular weight excluding hydrogens is 204 g/mol. The number of rotatable bonds is 6. The molecule has 0 aliphatic carbocycles. The lowest BCUT2D eigenvalue weighted by atomic mass is 10.00. The number of hydrogen-bond acceptors (Lipinski definition) is 3. The topological polar surface area (TPSA) is 35.5 Å². The van der Waals surface area contributed by atoms with Crippen molar-refractivity contribution in [2.45, 2.75) is 65.1 Å². The van der Waals surface area contributed by atoms with E-state index >= 15 is 0 Å². The van der Waals surface area contributed by atoms with Crippen LogP contribution < -0.4 is 0 Å². The Morgan fingerprint density at radius 1 is 1.44 bits per heavy atom. The van der Waals surface area contributed by atoms with Crippen LogP contribution in [-0.2, 0) is 14.3 Å². The maximum absolute atomic E-state index is 11.8. The Bertz CT molecular complexity index is 197. The highest BCUT2D eigenvalue weighted by Gasteiger charge is 2.23. The van der Waals surface area contributed by atoms with E-state index < -0.39 is 0 Å². The van der Waals surface area contributed by atoms with Gasteiger partial charge in [-0.3, -0.25) is 4.79 Å². The maximum atomic E-state index is 11.8. The van der Waals surface area contributed by atoms with Gasteiger partial charge in [-0.1, -0.05) is 26.7 Å². The summed E-state index contributed by atoms with van der Waals surface area (Å²) in [6.45, 7) is 4.91. The minimum atomic E-state index is -0.281. The Morgan fingerprint density at radius 3 is 2.81 bits per heavy atom. The quantitative estimate of drug-likeness (QED) is 0.654. The summed E-state index contributed by atoms with van der Waals surface area (Å²) < 4.78 is 10.8. The van der Waals surface area contributed by atoms with Crippen LogP contribution in [0.4, 0.5) is 0 Å². The number of hydrogen-bond donors (Lipinski definition) is 0. The molecular formula is C13H24O3. The average Bonchev–Trinajstić information content (AvgIpc) is 2.31. The molecule has 1 heterocycles. The zero-order valence-corrected chi connectivity index (χ0v) is 10.5. The van der Waals surface area contributed by atoms with Crippen LogP contribution in [0.3, 0.4) is 0 Å². The monoisotopic (exact) mass is 228 g/mol. The molecule has 94 valence electrons. The summed E-state index contributed by atoms with van der Waals surface area (Å²) in [5, 5.41) is 0. The highest BCUT2D eigenvalue weighted by molar-refractivity contribution is 5.72. The lowest BCUT2D eigenvalue weighted by Gasteiger charge is -2.24. The van der Waals surface area contributed by atoms with E-state index in [0.717, 1.165) is 51.6 Å². The number of esters is 1. The molecule has 3 heteroatoms. The smallest absolute Gasteiger partial charge is 0.311 e. The van der Waals surface area contributed by atoms with Crippen molar-refractivity contribution < 1.29 is 14.3 Å². The predicted molar refractivity (Wildman–Crippen MR) is 63.0 cm³/mol. The largest absolute Gasteiger partial charge is 0.436 e. The van der Waals surface area contributed by atoms with Gasteiger partial charge in [0, 0.05) is 6.42 Å². The molecule has 0 spiro atoms. The van der Waals surface area contributed by atoms with Crippen molar-refractivity contribution in [1.29, 1.82) is 0 Å². The first kappa shape index (κ1) is 13.5. The Kier molecular flexibility index (Phi) is 6.46. The van der Waals surface area contributed by atoms with Gasteiger partial charge in [0.05, 0.1) is 12.5 Å². The average molecular weight is 228 g/mol. The fraction of sp³-hybridized carbons (Fsp3) is 0.923. The molecule has 0 aromatic carbocycles. The van der Waals surface area contributed by atoms with Crippen LogP contribution in [0, 0.1) is 5.92 Å². The van der Waals surface area contributed by atoms with Gasteiger partial charge in [0.1, 0.15) is 0 Å². The second kappa shape index (κ2) is 7.66. The van der Waals surface area contributed by atoms with E-state index in [2.05, 4.69) is 6.92 Å². The second-order valence-corrected chi connectivity index (χ2v) is 4.48. The third kappa shape index (κ3) is 4.52. The van der Waals surface area contributed by atoms with E-state index in [1.165, 1.54) is 0 Å². The van der Waals surface area contributed by atoms with Crippen molar-refractivity contribution in [3.8, 4) is 0 Å². The van der Waals surface area contributed by atoms with E-state index in [-0.39, 0.29) is 18.2 Å². The molecule has 0 aromatic rings. The van der Waals surface area contributed by atoms with E-state index in [1.54, 1.807) is 0 Å². The van der Waals surface area contributed by atoms with Gasteiger partial charge < -0.3 is 9.47 Å². The van der Waals surface area contributed by atoms with Crippen LogP contribution in [0.2, 0.25) is 0 Å². The molecule has 16 heavy (non-hydrogen) atoms. The summed E-state index contributed by atoms with van der Waals surface area (Å²) in [6, 6.07) is 0. The van der Waals surface area contributed by atoms with Crippen LogP contribution >= 0.6 is 0 Å². The summed E-state index contributed by atoms with van der Waals surface area (Å²) in [4.78, 5) is 11.8. The van der Waals surface area contributed by atoms with Crippen molar-refractivity contribution in [3.63, 3.8) is 0 Å². The molecule has 0 radical (unpaired) electrons. The fourth-order valence-corrected chi connectivity index (χ4v) is 1.97. The number of unbranched alkanes of at least 4 members (excludes halogenated alkanes) is 1. The molecule has 1 saturated heterocycles. The van der Waals surface area contributed by atoms with Crippen LogP contribution in [0.25, 0.3) is 0 Å². The number of carbonyl (C=O) groups is 1. The minimum absolute atomic E-state index is 0.0606.